The first-order valence-electron chi connectivity index (χ1n) is 6.09. The van der Waals surface area contributed by atoms with E-state index < -0.39 is 0 Å². The first-order chi connectivity index (χ1) is 7.80. The summed E-state index contributed by atoms with van der Waals surface area (Å²) in [4.78, 5) is 11.8. The molecule has 3 aliphatic rings. The van der Waals surface area contributed by atoms with Gasteiger partial charge in [-0.3, -0.25) is 4.79 Å². The van der Waals surface area contributed by atoms with Crippen molar-refractivity contribution < 1.29 is 9.53 Å². The Kier molecular flexibility index (Phi) is 2.23. The third-order valence-electron chi connectivity index (χ3n) is 3.96. The standard InChI is InChI=1S/C14H16O2/c15-13-11-5-4-9-14(16-13,10-8-11)12-6-2-1-3-7-12/h1-3,6-7,11H,4-5,8-10H2/t11-,14+/m0/s1. The fourth-order valence-corrected chi connectivity index (χ4v) is 3.01. The van der Waals surface area contributed by atoms with Crippen molar-refractivity contribution in [2.75, 3.05) is 0 Å². The van der Waals surface area contributed by atoms with Gasteiger partial charge in [-0.2, -0.15) is 0 Å². The average Bonchev–Trinajstić information content (AvgIpc) is 2.62. The zero-order chi connectivity index (χ0) is 11.0. The fraction of sp³-hybridized carbons (Fsp3) is 0.500. The normalized spacial score (nSPS) is 33.2. The largest absolute Gasteiger partial charge is 0.454 e. The summed E-state index contributed by atoms with van der Waals surface area (Å²) in [5.74, 6) is 0.187. The summed E-state index contributed by atoms with van der Waals surface area (Å²) < 4.78 is 5.74. The summed E-state index contributed by atoms with van der Waals surface area (Å²) >= 11 is 0. The van der Waals surface area contributed by atoms with Gasteiger partial charge in [-0.1, -0.05) is 30.3 Å². The fourth-order valence-electron chi connectivity index (χ4n) is 3.01. The van der Waals surface area contributed by atoms with Crippen LogP contribution in [0.25, 0.3) is 0 Å². The number of carbonyl (C=O) groups excluding carboxylic acids is 1. The SMILES string of the molecule is O=C1O[C@]2(c3ccccc3)CCC[C@H]1CC2. The van der Waals surface area contributed by atoms with Crippen molar-refractivity contribution in [1.29, 1.82) is 0 Å². The van der Waals surface area contributed by atoms with Crippen LogP contribution in [0.1, 0.15) is 37.7 Å². The highest BCUT2D eigenvalue weighted by Crippen LogP contribution is 2.45. The van der Waals surface area contributed by atoms with Crippen LogP contribution >= 0.6 is 0 Å². The maximum Gasteiger partial charge on any atom is 0.309 e. The van der Waals surface area contributed by atoms with Crippen molar-refractivity contribution in [3.63, 3.8) is 0 Å². The van der Waals surface area contributed by atoms with E-state index in [0.717, 1.165) is 32.1 Å². The van der Waals surface area contributed by atoms with Crippen molar-refractivity contribution in [3.05, 3.63) is 35.9 Å². The van der Waals surface area contributed by atoms with E-state index in [1.54, 1.807) is 0 Å². The van der Waals surface area contributed by atoms with Gasteiger partial charge in [0.05, 0.1) is 5.92 Å². The van der Waals surface area contributed by atoms with Gasteiger partial charge in [-0.15, -0.1) is 0 Å². The van der Waals surface area contributed by atoms with Gasteiger partial charge in [-0.05, 0) is 37.7 Å². The minimum absolute atomic E-state index is 0.0209. The Labute approximate surface area is 95.6 Å². The van der Waals surface area contributed by atoms with Crippen LogP contribution in [0, 0.1) is 5.92 Å². The molecule has 2 atom stereocenters. The van der Waals surface area contributed by atoms with E-state index in [0.29, 0.717) is 0 Å². The molecule has 3 fully saturated rings. The molecule has 2 heteroatoms. The van der Waals surface area contributed by atoms with Crippen molar-refractivity contribution in [1.82, 2.24) is 0 Å². The monoisotopic (exact) mass is 216 g/mol. The smallest absolute Gasteiger partial charge is 0.309 e. The van der Waals surface area contributed by atoms with E-state index in [4.69, 9.17) is 4.74 Å². The van der Waals surface area contributed by atoms with Crippen molar-refractivity contribution in [2.24, 2.45) is 5.92 Å². The van der Waals surface area contributed by atoms with Gasteiger partial charge in [0, 0.05) is 0 Å². The topological polar surface area (TPSA) is 26.3 Å². The van der Waals surface area contributed by atoms with Crippen LogP contribution in [-0.4, -0.2) is 5.97 Å². The molecule has 0 radical (unpaired) electrons. The van der Waals surface area contributed by atoms with E-state index in [2.05, 4.69) is 12.1 Å². The Balaban J connectivity index is 2.00. The maximum atomic E-state index is 11.8. The summed E-state index contributed by atoms with van der Waals surface area (Å²) in [6.07, 6.45) is 5.08. The molecule has 1 aromatic carbocycles. The predicted octanol–water partition coefficient (Wildman–Crippen LogP) is 3.02. The lowest BCUT2D eigenvalue weighted by atomic mass is 9.84. The van der Waals surface area contributed by atoms with E-state index in [1.165, 1.54) is 5.56 Å². The molecule has 0 unspecified atom stereocenters. The Morgan fingerprint density at radius 2 is 1.94 bits per heavy atom. The van der Waals surface area contributed by atoms with Crippen molar-refractivity contribution in [3.8, 4) is 0 Å². The maximum absolute atomic E-state index is 11.8. The van der Waals surface area contributed by atoms with Crippen LogP contribution in [0.3, 0.4) is 0 Å². The summed E-state index contributed by atoms with van der Waals surface area (Å²) in [7, 11) is 0. The highest BCUT2D eigenvalue weighted by Gasteiger charge is 2.45. The van der Waals surface area contributed by atoms with E-state index in [-0.39, 0.29) is 17.5 Å². The lowest BCUT2D eigenvalue weighted by Crippen LogP contribution is -2.37. The Bertz CT molecular complexity index is 394. The lowest BCUT2D eigenvalue weighted by Gasteiger charge is -2.36. The molecule has 2 heterocycles. The number of ether oxygens (including phenoxy) is 1. The molecule has 1 saturated carbocycles. The molecular weight excluding hydrogens is 200 g/mol. The quantitative estimate of drug-likeness (QED) is 0.674. The van der Waals surface area contributed by atoms with E-state index in [9.17, 15) is 4.79 Å². The molecule has 16 heavy (non-hydrogen) atoms. The van der Waals surface area contributed by atoms with Gasteiger partial charge in [0.25, 0.3) is 0 Å². The first kappa shape index (κ1) is 9.88. The molecule has 2 nitrogen and oxygen atoms in total. The molecule has 0 N–H and O–H groups in total. The molecule has 0 amide bonds. The van der Waals surface area contributed by atoms with Gasteiger partial charge in [0.15, 0.2) is 0 Å². The minimum atomic E-state index is -0.314. The predicted molar refractivity (Wildman–Crippen MR) is 60.8 cm³/mol. The molecule has 0 aromatic heterocycles. The van der Waals surface area contributed by atoms with Gasteiger partial charge >= 0.3 is 5.97 Å². The summed E-state index contributed by atoms with van der Waals surface area (Å²) in [6.45, 7) is 0. The van der Waals surface area contributed by atoms with Gasteiger partial charge in [0.1, 0.15) is 5.60 Å². The zero-order valence-electron chi connectivity index (χ0n) is 9.32. The molecule has 4 rings (SSSR count). The lowest BCUT2D eigenvalue weighted by molar-refractivity contribution is -0.173. The van der Waals surface area contributed by atoms with Crippen LogP contribution in [-0.2, 0) is 15.1 Å². The molecule has 2 saturated heterocycles. The Morgan fingerprint density at radius 3 is 2.69 bits per heavy atom. The number of carbonyl (C=O) groups is 1. The number of benzene rings is 1. The number of esters is 1. The molecule has 84 valence electrons. The highest BCUT2D eigenvalue weighted by molar-refractivity contribution is 5.74. The molecule has 2 bridgehead atoms. The number of hydrogen-bond acceptors (Lipinski definition) is 2. The first-order valence-corrected chi connectivity index (χ1v) is 6.09. The zero-order valence-corrected chi connectivity index (χ0v) is 9.32. The molecule has 1 aromatic rings. The summed E-state index contributed by atoms with van der Waals surface area (Å²) in [5, 5.41) is 0. The number of hydrogen-bond donors (Lipinski definition) is 0. The van der Waals surface area contributed by atoms with Gasteiger partial charge in [0.2, 0.25) is 0 Å². The average molecular weight is 216 g/mol. The Hall–Kier alpha value is -1.31. The molecule has 0 spiro atoms. The third kappa shape index (κ3) is 1.44. The molecular formula is C14H16O2. The minimum Gasteiger partial charge on any atom is -0.454 e. The molecule has 2 aliphatic heterocycles. The highest BCUT2D eigenvalue weighted by atomic mass is 16.6. The van der Waals surface area contributed by atoms with Gasteiger partial charge in [-0.25, -0.2) is 0 Å². The second-order valence-electron chi connectivity index (χ2n) is 4.91. The van der Waals surface area contributed by atoms with Crippen LogP contribution in [0.2, 0.25) is 0 Å². The third-order valence-corrected chi connectivity index (χ3v) is 3.96. The second kappa shape index (κ2) is 3.62. The second-order valence-corrected chi connectivity index (χ2v) is 4.91. The number of rotatable bonds is 1. The molecule has 1 aliphatic carbocycles. The van der Waals surface area contributed by atoms with Crippen molar-refractivity contribution >= 4 is 5.97 Å². The van der Waals surface area contributed by atoms with Gasteiger partial charge < -0.3 is 4.74 Å². The Morgan fingerprint density at radius 1 is 1.12 bits per heavy atom. The van der Waals surface area contributed by atoms with Crippen LogP contribution in [0.4, 0.5) is 0 Å². The van der Waals surface area contributed by atoms with Crippen LogP contribution < -0.4 is 0 Å². The van der Waals surface area contributed by atoms with Crippen LogP contribution in [0.5, 0.6) is 0 Å². The number of fused-ring (bicyclic) bond motifs is 4. The summed E-state index contributed by atoms with van der Waals surface area (Å²) in [6, 6.07) is 10.2. The van der Waals surface area contributed by atoms with Crippen molar-refractivity contribution in [2.45, 2.75) is 37.7 Å². The van der Waals surface area contributed by atoms with Crippen LogP contribution in [0.15, 0.2) is 30.3 Å². The van der Waals surface area contributed by atoms with E-state index in [1.807, 2.05) is 18.2 Å². The van der Waals surface area contributed by atoms with E-state index >= 15 is 0 Å². The summed E-state index contributed by atoms with van der Waals surface area (Å²) in [5.41, 5.74) is 0.856.